The molecule has 1 N–H and O–H groups in total. The van der Waals surface area contributed by atoms with Crippen LogP contribution in [0.15, 0.2) is 15.9 Å². The van der Waals surface area contributed by atoms with Gasteiger partial charge in [-0.2, -0.15) is 0 Å². The van der Waals surface area contributed by atoms with Crippen LogP contribution in [0.5, 0.6) is 0 Å². The Morgan fingerprint density at radius 1 is 1.62 bits per heavy atom. The summed E-state index contributed by atoms with van der Waals surface area (Å²) in [6.45, 7) is 3.52. The first-order valence-corrected chi connectivity index (χ1v) is 7.24. The molecule has 0 aliphatic heterocycles. The van der Waals surface area contributed by atoms with Gasteiger partial charge in [-0.3, -0.25) is 4.79 Å². The van der Waals surface area contributed by atoms with Crippen molar-refractivity contribution in [2.75, 3.05) is 13.1 Å². The third kappa shape index (κ3) is 3.40. The molecule has 1 saturated carbocycles. The zero-order valence-corrected chi connectivity index (χ0v) is 11.7. The highest BCUT2D eigenvalue weighted by Gasteiger charge is 2.23. The number of carbonyl (C=O) groups is 1. The smallest absolute Gasteiger partial charge is 0.139 e. The maximum Gasteiger partial charge on any atom is 0.139 e. The molecule has 1 aliphatic carbocycles. The molecule has 2 nitrogen and oxygen atoms in total. The molecular formula is C12H16BrNOS. The molecule has 0 unspecified atom stereocenters. The first kappa shape index (κ1) is 12.3. The summed E-state index contributed by atoms with van der Waals surface area (Å²) < 4.78 is 1.09. The molecule has 0 saturated heterocycles. The Morgan fingerprint density at radius 2 is 2.38 bits per heavy atom. The van der Waals surface area contributed by atoms with Crippen molar-refractivity contribution in [1.82, 2.24) is 5.32 Å². The standard InChI is InChI=1S/C12H16BrNOS/c1-8(15)10(7-14-6-9-2-3-9)11-4-5-12(13)16-11/h4-5,9-10,14H,2-3,6-7H2,1H3/t10-/m0/s1. The number of ketones is 1. The predicted molar refractivity (Wildman–Crippen MR) is 71.0 cm³/mol. The highest BCUT2D eigenvalue weighted by Crippen LogP contribution is 2.30. The van der Waals surface area contributed by atoms with E-state index in [0.29, 0.717) is 0 Å². The van der Waals surface area contributed by atoms with Crippen LogP contribution in [0, 0.1) is 5.92 Å². The van der Waals surface area contributed by atoms with E-state index in [0.717, 1.165) is 27.7 Å². The van der Waals surface area contributed by atoms with Crippen molar-refractivity contribution in [1.29, 1.82) is 0 Å². The first-order valence-electron chi connectivity index (χ1n) is 5.63. The van der Waals surface area contributed by atoms with E-state index in [-0.39, 0.29) is 11.7 Å². The Bertz CT molecular complexity index is 373. The van der Waals surface area contributed by atoms with Gasteiger partial charge in [0.25, 0.3) is 0 Å². The van der Waals surface area contributed by atoms with E-state index in [9.17, 15) is 4.79 Å². The lowest BCUT2D eigenvalue weighted by Crippen LogP contribution is -2.26. The summed E-state index contributed by atoms with van der Waals surface area (Å²) in [4.78, 5) is 12.8. The molecule has 1 heterocycles. The topological polar surface area (TPSA) is 29.1 Å². The number of halogens is 1. The molecule has 88 valence electrons. The fourth-order valence-electron chi connectivity index (χ4n) is 1.71. The summed E-state index contributed by atoms with van der Waals surface area (Å²) in [7, 11) is 0. The molecule has 1 aromatic rings. The third-order valence-electron chi connectivity index (χ3n) is 2.91. The Hall–Kier alpha value is -0.190. The maximum absolute atomic E-state index is 11.6. The second-order valence-electron chi connectivity index (χ2n) is 4.41. The van der Waals surface area contributed by atoms with Crippen molar-refractivity contribution in [2.45, 2.75) is 25.7 Å². The summed E-state index contributed by atoms with van der Waals surface area (Å²) in [5, 5.41) is 3.41. The van der Waals surface area contributed by atoms with E-state index in [1.54, 1.807) is 18.3 Å². The maximum atomic E-state index is 11.6. The highest BCUT2D eigenvalue weighted by atomic mass is 79.9. The zero-order valence-electron chi connectivity index (χ0n) is 9.33. The molecule has 0 bridgehead atoms. The van der Waals surface area contributed by atoms with Crippen molar-refractivity contribution in [3.05, 3.63) is 20.8 Å². The fourth-order valence-corrected chi connectivity index (χ4v) is 3.30. The normalized spacial score (nSPS) is 17.4. The van der Waals surface area contributed by atoms with Crippen molar-refractivity contribution < 1.29 is 4.79 Å². The van der Waals surface area contributed by atoms with Gasteiger partial charge in [0.05, 0.1) is 9.70 Å². The van der Waals surface area contributed by atoms with Crippen LogP contribution in [0.4, 0.5) is 0 Å². The largest absolute Gasteiger partial charge is 0.315 e. The number of hydrogen-bond donors (Lipinski definition) is 1. The third-order valence-corrected chi connectivity index (χ3v) is 4.64. The molecule has 0 amide bonds. The summed E-state index contributed by atoms with van der Waals surface area (Å²) in [5.74, 6) is 1.13. The van der Waals surface area contributed by atoms with Gasteiger partial charge in [-0.05, 0) is 60.3 Å². The Morgan fingerprint density at radius 3 is 2.88 bits per heavy atom. The van der Waals surface area contributed by atoms with Crippen LogP contribution in [-0.2, 0) is 4.79 Å². The highest BCUT2D eigenvalue weighted by molar-refractivity contribution is 9.11. The fraction of sp³-hybridized carbons (Fsp3) is 0.583. The van der Waals surface area contributed by atoms with Crippen LogP contribution in [0.25, 0.3) is 0 Å². The van der Waals surface area contributed by atoms with Crippen molar-refractivity contribution in [2.24, 2.45) is 5.92 Å². The molecule has 1 aromatic heterocycles. The Kier molecular flexibility index (Phi) is 4.16. The van der Waals surface area contributed by atoms with Gasteiger partial charge in [0, 0.05) is 11.4 Å². The minimum absolute atomic E-state index is 0.0232. The van der Waals surface area contributed by atoms with Gasteiger partial charge >= 0.3 is 0 Å². The zero-order chi connectivity index (χ0) is 11.5. The molecule has 2 rings (SSSR count). The number of rotatable bonds is 6. The molecule has 1 atom stereocenters. The minimum atomic E-state index is 0.0232. The Balaban J connectivity index is 1.90. The first-order chi connectivity index (χ1) is 7.66. The van der Waals surface area contributed by atoms with E-state index in [4.69, 9.17) is 0 Å². The molecular weight excluding hydrogens is 286 g/mol. The van der Waals surface area contributed by atoms with Crippen LogP contribution in [0.3, 0.4) is 0 Å². The van der Waals surface area contributed by atoms with Crippen molar-refractivity contribution >= 4 is 33.0 Å². The number of carbonyl (C=O) groups excluding carboxylic acids is 1. The van der Waals surface area contributed by atoms with Crippen LogP contribution in [0.1, 0.15) is 30.6 Å². The average Bonchev–Trinajstić information content (AvgIpc) is 2.95. The molecule has 16 heavy (non-hydrogen) atoms. The monoisotopic (exact) mass is 301 g/mol. The molecule has 1 fully saturated rings. The van der Waals surface area contributed by atoms with Crippen LogP contribution in [-0.4, -0.2) is 18.9 Å². The molecule has 1 aliphatic rings. The van der Waals surface area contributed by atoms with E-state index in [1.165, 1.54) is 12.8 Å². The minimum Gasteiger partial charge on any atom is -0.315 e. The second kappa shape index (κ2) is 5.43. The summed E-state index contributed by atoms with van der Waals surface area (Å²) in [6.07, 6.45) is 2.70. The van der Waals surface area contributed by atoms with Gasteiger partial charge in [-0.15, -0.1) is 11.3 Å². The molecule has 0 aromatic carbocycles. The molecule has 0 radical (unpaired) electrons. The van der Waals surface area contributed by atoms with Crippen LogP contribution < -0.4 is 5.32 Å². The van der Waals surface area contributed by atoms with Gasteiger partial charge < -0.3 is 5.32 Å². The quantitative estimate of drug-likeness (QED) is 0.874. The SMILES string of the molecule is CC(=O)[C@H](CNCC1CC1)c1ccc(Br)s1. The lowest BCUT2D eigenvalue weighted by molar-refractivity contribution is -0.118. The van der Waals surface area contributed by atoms with E-state index >= 15 is 0 Å². The van der Waals surface area contributed by atoms with Gasteiger partial charge in [-0.25, -0.2) is 0 Å². The lowest BCUT2D eigenvalue weighted by atomic mass is 10.0. The number of hydrogen-bond acceptors (Lipinski definition) is 3. The summed E-state index contributed by atoms with van der Waals surface area (Å²) >= 11 is 5.09. The molecule has 4 heteroatoms. The van der Waals surface area contributed by atoms with Crippen LogP contribution >= 0.6 is 27.3 Å². The lowest BCUT2D eigenvalue weighted by Gasteiger charge is -2.12. The number of nitrogens with one attached hydrogen (secondary N) is 1. The van der Waals surface area contributed by atoms with Crippen molar-refractivity contribution in [3.8, 4) is 0 Å². The summed E-state index contributed by atoms with van der Waals surface area (Å²) in [6, 6.07) is 4.05. The predicted octanol–water partition coefficient (Wildman–Crippen LogP) is 3.18. The molecule has 0 spiro atoms. The number of thiophene rings is 1. The van der Waals surface area contributed by atoms with Gasteiger partial charge in [0.15, 0.2) is 0 Å². The van der Waals surface area contributed by atoms with E-state index in [2.05, 4.69) is 21.2 Å². The van der Waals surface area contributed by atoms with E-state index < -0.39 is 0 Å². The van der Waals surface area contributed by atoms with E-state index in [1.807, 2.05) is 12.1 Å². The van der Waals surface area contributed by atoms with Crippen LogP contribution in [0.2, 0.25) is 0 Å². The van der Waals surface area contributed by atoms with Crippen molar-refractivity contribution in [3.63, 3.8) is 0 Å². The number of Topliss-reactive ketones (excluding diaryl/α,β-unsaturated/α-hetero) is 1. The Labute approximate surface area is 109 Å². The average molecular weight is 302 g/mol. The van der Waals surface area contributed by atoms with Gasteiger partial charge in [0.2, 0.25) is 0 Å². The van der Waals surface area contributed by atoms with Gasteiger partial charge in [0.1, 0.15) is 5.78 Å². The second-order valence-corrected chi connectivity index (χ2v) is 6.90. The summed E-state index contributed by atoms with van der Waals surface area (Å²) in [5.41, 5.74) is 0. The van der Waals surface area contributed by atoms with Gasteiger partial charge in [-0.1, -0.05) is 0 Å².